The summed E-state index contributed by atoms with van der Waals surface area (Å²) in [6.07, 6.45) is 13.6. The number of methoxy groups -OCH3 is 1. The van der Waals surface area contributed by atoms with Crippen LogP contribution in [-0.4, -0.2) is 225 Å². The largest absolute Gasteiger partial charge is 0.498 e. The van der Waals surface area contributed by atoms with Crippen LogP contribution in [0.5, 0.6) is 0 Å². The maximum absolute atomic E-state index is 7.16. The highest BCUT2D eigenvalue weighted by molar-refractivity contribution is 6.59. The van der Waals surface area contributed by atoms with E-state index < -0.39 is 55.9 Å². The van der Waals surface area contributed by atoms with Crippen LogP contribution in [0.15, 0.2) is 0 Å². The fourth-order valence-electron chi connectivity index (χ4n) is 9.93. The Morgan fingerprint density at radius 1 is 0.448 bits per heavy atom. The Bertz CT molecular complexity index is 1750. The number of fused-ring (bicyclic) bond motifs is 4. The third-order valence-electron chi connectivity index (χ3n) is 14.3. The minimum absolute atomic E-state index is 0.0206. The SMILES string of the molecule is [3H]O[Si](O[3H])(O[3H])C1CCC(OC(C)OCC)C(OC(C)OC)C1.[3H]O[Si](O[3H])(O[3H])C1CCC2OC21.[3H]O[Si](O[3H])(O[3H])C1CCC2OC2C1.[3H]O[Si](O[3H])(O[3H])C1CCC2OC2CC1.[3H]O[Si](O[3H])(O[3H])C1CCCC2OC2CC1. The molecule has 4 aliphatic heterocycles. The summed E-state index contributed by atoms with van der Waals surface area (Å²) in [5.74, 6) is 0. The molecule has 15 N–H and O–H groups in total. The van der Waals surface area contributed by atoms with Gasteiger partial charge in [-0.2, -0.15) is 0 Å². The van der Waals surface area contributed by atoms with Gasteiger partial charge in [0.15, 0.2) is 34.0 Å². The molecule has 67 heavy (non-hydrogen) atoms. The Labute approximate surface area is 420 Å². The molecule has 9 aliphatic rings. The third kappa shape index (κ3) is 19.2. The van der Waals surface area contributed by atoms with Crippen LogP contribution in [0.25, 0.3) is 0 Å². The third-order valence-corrected chi connectivity index (χ3v) is 22.0. The zero-order valence-electron chi connectivity index (χ0n) is 53.4. The molecule has 394 valence electrons. The van der Waals surface area contributed by atoms with Gasteiger partial charge in [-0.1, -0.05) is 6.42 Å². The molecule has 0 radical (unpaired) electrons. The second kappa shape index (κ2) is 24.5. The van der Waals surface area contributed by atoms with E-state index in [1.807, 2.05) is 13.8 Å². The van der Waals surface area contributed by atoms with Gasteiger partial charge in [-0.25, -0.2) is 0 Å². The van der Waals surface area contributed by atoms with Crippen LogP contribution >= 0.6 is 0 Å². The van der Waals surface area contributed by atoms with Crippen LogP contribution in [0.3, 0.4) is 0 Å². The lowest BCUT2D eigenvalue weighted by molar-refractivity contribution is -0.229. The van der Waals surface area contributed by atoms with E-state index in [9.17, 15) is 0 Å². The summed E-state index contributed by atoms with van der Waals surface area (Å²) < 4.78 is 148. The summed E-state index contributed by atoms with van der Waals surface area (Å²) in [5.41, 5.74) is -1.03. The maximum Gasteiger partial charge on any atom is 0.498 e. The molecule has 4 heterocycles. The summed E-state index contributed by atoms with van der Waals surface area (Å²) in [7, 11) is -15.9. The van der Waals surface area contributed by atoms with E-state index in [0.29, 0.717) is 62.8 Å². The van der Waals surface area contributed by atoms with Gasteiger partial charge < -0.3 is 110 Å². The number of epoxide rings is 4. The van der Waals surface area contributed by atoms with Crippen LogP contribution in [0.4, 0.5) is 0 Å². The van der Waals surface area contributed by atoms with Crippen molar-refractivity contribution in [1.82, 2.24) is 0 Å². The lowest BCUT2D eigenvalue weighted by atomic mass is 9.94. The highest BCUT2D eigenvalue weighted by Crippen LogP contribution is 2.49. The summed E-state index contributed by atoms with van der Waals surface area (Å²) in [6.45, 7) is 6.01. The number of hydrogen-bond donors (Lipinski definition) is 15. The minimum atomic E-state index is -3.71. The Kier molecular flexibility index (Phi) is 14.5. The van der Waals surface area contributed by atoms with E-state index in [1.165, 1.54) is 7.11 Å². The topological polar surface area (TPSA) is 390 Å². The lowest BCUT2D eigenvalue weighted by Gasteiger charge is -2.39. The molecule has 16 unspecified atom stereocenters. The molecule has 16 atom stereocenters. The van der Waals surface area contributed by atoms with Crippen molar-refractivity contribution in [3.63, 3.8) is 0 Å². The smallest absolute Gasteiger partial charge is 0.390 e. The van der Waals surface area contributed by atoms with E-state index in [-0.39, 0.29) is 59.0 Å². The van der Waals surface area contributed by atoms with Gasteiger partial charge in [-0.15, -0.1) is 0 Å². The monoisotopic (exact) mass is 1090 g/mol. The predicted molar refractivity (Wildman–Crippen MR) is 241 cm³/mol. The molecule has 28 heteroatoms. The molecule has 9 rings (SSSR count). The van der Waals surface area contributed by atoms with Gasteiger partial charge >= 0.3 is 44.0 Å². The minimum Gasteiger partial charge on any atom is -0.390 e. The van der Waals surface area contributed by atoms with Crippen LogP contribution in [-0.2, 0) is 37.9 Å². The van der Waals surface area contributed by atoms with Crippen molar-refractivity contribution in [2.45, 2.75) is 231 Å². The summed E-state index contributed by atoms with van der Waals surface area (Å²) in [6, 6.07) is 0. The molecule has 0 bridgehead atoms. The Morgan fingerprint density at radius 3 is 1.36 bits per heavy atom. The van der Waals surface area contributed by atoms with Gasteiger partial charge in [-0.05, 0) is 124 Å². The first-order valence-corrected chi connectivity index (χ1v) is 32.7. The van der Waals surface area contributed by atoms with Crippen molar-refractivity contribution >= 4 is 44.0 Å². The molecule has 0 aromatic carbocycles. The molecular weight excluding hydrogens is 977 g/mol. The average Bonchev–Trinajstić information content (AvgIpc) is 3.51. The van der Waals surface area contributed by atoms with Gasteiger partial charge in [-0.3, -0.25) is 0 Å². The fourth-order valence-corrected chi connectivity index (χ4v) is 15.3. The first kappa shape index (κ1) is 39.6. The Hall–Kier alpha value is 0.164. The van der Waals surface area contributed by atoms with Gasteiger partial charge in [0.2, 0.25) is 0 Å². The summed E-state index contributed by atoms with van der Waals surface area (Å²) >= 11 is 0. The van der Waals surface area contributed by atoms with Crippen LogP contribution in [0, 0.1) is 0 Å². The Balaban J connectivity index is 0.000000191. The molecule has 23 nitrogen and oxygen atoms in total. The van der Waals surface area contributed by atoms with Gasteiger partial charge in [0.05, 0.1) is 66.6 Å². The fraction of sp³-hybridized carbons (Fsp3) is 1.00. The molecule has 5 saturated carbocycles. The van der Waals surface area contributed by atoms with E-state index in [1.54, 1.807) is 6.92 Å². The Morgan fingerprint density at radius 2 is 0.881 bits per heavy atom. The molecule has 9 fully saturated rings. The lowest BCUT2D eigenvalue weighted by Crippen LogP contribution is -2.49. The highest BCUT2D eigenvalue weighted by atomic mass is 28.4. The van der Waals surface area contributed by atoms with E-state index in [4.69, 9.17) is 59.4 Å². The van der Waals surface area contributed by atoms with Crippen molar-refractivity contribution in [3.8, 4) is 0 Å². The van der Waals surface area contributed by atoms with Gasteiger partial charge in [0, 0.05) is 35.9 Å². The first-order chi connectivity index (χ1) is 39.5. The van der Waals surface area contributed by atoms with E-state index >= 15 is 0 Å². The van der Waals surface area contributed by atoms with Crippen LogP contribution in [0.1, 0.15) is 130 Å². The zero-order valence-corrected chi connectivity index (χ0v) is 43.4. The van der Waals surface area contributed by atoms with Crippen LogP contribution < -0.4 is 0 Å². The van der Waals surface area contributed by atoms with Gasteiger partial charge in [0.1, 0.15) is 0 Å². The van der Waals surface area contributed by atoms with Crippen molar-refractivity contribution in [3.05, 3.63) is 0 Å². The second-order valence-corrected chi connectivity index (χ2v) is 29.3. The maximum atomic E-state index is 7.16. The second-order valence-electron chi connectivity index (χ2n) is 19.2. The highest BCUT2D eigenvalue weighted by Gasteiger charge is 2.60. The molecular formula is C39H80O23Si5. The molecule has 0 aromatic rings. The van der Waals surface area contributed by atoms with E-state index in [2.05, 4.69) is 72.0 Å². The molecule has 5 aliphatic carbocycles. The van der Waals surface area contributed by atoms with Crippen molar-refractivity contribution in [2.24, 2.45) is 0 Å². The number of ether oxygens (including phenoxy) is 8. The quantitative estimate of drug-likeness (QED) is 0.0247. The van der Waals surface area contributed by atoms with Crippen molar-refractivity contribution in [1.29, 1.82) is 21.5 Å². The first-order valence-electron chi connectivity index (χ1n) is 29.8. The summed E-state index contributed by atoms with van der Waals surface area (Å²) in [5, 5.41) is 0. The number of hydrogen-bond acceptors (Lipinski definition) is 23. The zero-order chi connectivity index (χ0) is 60.3. The normalized spacial score (nSPS) is 41.6. The van der Waals surface area contributed by atoms with Crippen molar-refractivity contribution in [2.75, 3.05) is 13.7 Å². The summed E-state index contributed by atoms with van der Waals surface area (Å²) in [4.78, 5) is 66.2. The predicted octanol–water partition coefficient (Wildman–Crippen LogP) is -1.72. The van der Waals surface area contributed by atoms with E-state index in [0.717, 1.165) is 83.5 Å². The van der Waals surface area contributed by atoms with Crippen LogP contribution in [0.2, 0.25) is 27.7 Å². The molecule has 0 spiro atoms. The molecule has 4 saturated heterocycles. The average molecular weight is 1090 g/mol. The molecule has 0 aromatic heterocycles. The standard InChI is InChI=1S/C13H28O7Si.C8H16O4Si.C7H14O4Si.C6H12O4Si.C5H10O4Si/c1-5-18-10(3)20-12-7-6-11(21(14,15)16)8-13(12)19-9(2)17-4;9-13(10,11)6-2-1-3-7-8(12-7)5-4-6;8-12(9,10)5-1-3-6-7(11-6)4-2-5;7-11(8,9)4-1-2-5-6(3-4)10-5;6-10(7,8)4-2-1-3-5(4)9-3/h9-16H,5-8H2,1-4H3;6-11H,1-5H2;5-10H,1-4H2;4-9H,1-3H2;3-8H,1-2H2/i14T,15T,16T;9T,10T,11T;8T,9T,10T;7T,8T,9T;6T,7T,8T. The number of rotatable bonds is 27. The van der Waals surface area contributed by atoms with Crippen molar-refractivity contribution < 1.29 is 110 Å². The van der Waals surface area contributed by atoms with Gasteiger partial charge in [0.25, 0.3) is 0 Å². The molecule has 0 amide bonds.